The van der Waals surface area contributed by atoms with Gasteiger partial charge >= 0.3 is 0 Å². The van der Waals surface area contributed by atoms with Crippen LogP contribution in [0.2, 0.25) is 0 Å². The maximum atomic E-state index is 13.2. The molecule has 1 heterocycles. The number of nitrogens with zero attached hydrogens (tertiary/aromatic N) is 3. The van der Waals surface area contributed by atoms with Gasteiger partial charge in [0, 0.05) is 23.6 Å². The minimum Gasteiger partial charge on any atom is -0.334 e. The van der Waals surface area contributed by atoms with Gasteiger partial charge in [-0.2, -0.15) is 5.10 Å². The van der Waals surface area contributed by atoms with Gasteiger partial charge in [0.1, 0.15) is 5.82 Å². The van der Waals surface area contributed by atoms with Gasteiger partial charge in [0.15, 0.2) is 5.82 Å². The third kappa shape index (κ3) is 3.81. The molecule has 1 aromatic heterocycles. The Morgan fingerprint density at radius 1 is 1.08 bits per heavy atom. The van der Waals surface area contributed by atoms with Crippen molar-refractivity contribution in [1.82, 2.24) is 20.1 Å². The summed E-state index contributed by atoms with van der Waals surface area (Å²) in [5, 5.41) is 7.58. The van der Waals surface area contributed by atoms with E-state index in [2.05, 4.69) is 37.9 Å². The van der Waals surface area contributed by atoms with Gasteiger partial charge in [-0.15, -0.1) is 0 Å². The van der Waals surface area contributed by atoms with E-state index < -0.39 is 0 Å². The Hall–Kier alpha value is -2.17. The predicted octanol–water partition coefficient (Wildman–Crippen LogP) is 4.78. The lowest BCUT2D eigenvalue weighted by atomic mass is 9.89. The maximum Gasteiger partial charge on any atom is 0.255 e. The van der Waals surface area contributed by atoms with Gasteiger partial charge < -0.3 is 4.90 Å². The fraction of sp³-hybridized carbons (Fsp3) is 0.571. The van der Waals surface area contributed by atoms with Crippen LogP contribution in [0.15, 0.2) is 24.3 Å². The Labute approximate surface area is 156 Å². The standard InChI is InChI=1S/C21H30N4O/c1-14(2)25(15(3)4)21(26)18-13-9-8-12-17(18)20-22-19(23-24-20)16-10-6-5-7-11-16/h8-9,12-16H,5-7,10-11H2,1-4H3,(H,22,23,24). The Bertz CT molecular complexity index is 736. The Kier molecular flexibility index (Phi) is 5.74. The second-order valence-electron chi connectivity index (χ2n) is 7.82. The Morgan fingerprint density at radius 3 is 2.38 bits per heavy atom. The number of hydrogen-bond acceptors (Lipinski definition) is 3. The summed E-state index contributed by atoms with van der Waals surface area (Å²) in [6.07, 6.45) is 6.17. The van der Waals surface area contributed by atoms with Gasteiger partial charge in [0.05, 0.1) is 5.56 Å². The van der Waals surface area contributed by atoms with E-state index >= 15 is 0 Å². The summed E-state index contributed by atoms with van der Waals surface area (Å²) < 4.78 is 0. The largest absolute Gasteiger partial charge is 0.334 e. The van der Waals surface area contributed by atoms with Gasteiger partial charge in [0.2, 0.25) is 0 Å². The monoisotopic (exact) mass is 354 g/mol. The zero-order chi connectivity index (χ0) is 18.7. The molecule has 0 bridgehead atoms. The fourth-order valence-electron chi connectivity index (χ4n) is 4.02. The van der Waals surface area contributed by atoms with Crippen molar-refractivity contribution in [2.45, 2.75) is 77.8 Å². The third-order valence-electron chi connectivity index (χ3n) is 5.24. The van der Waals surface area contributed by atoms with Gasteiger partial charge in [-0.25, -0.2) is 4.98 Å². The van der Waals surface area contributed by atoms with E-state index in [1.54, 1.807) is 0 Å². The van der Waals surface area contributed by atoms with Crippen LogP contribution in [-0.2, 0) is 0 Å². The predicted molar refractivity (Wildman–Crippen MR) is 104 cm³/mol. The van der Waals surface area contributed by atoms with Crippen LogP contribution in [0.5, 0.6) is 0 Å². The van der Waals surface area contributed by atoms with Crippen molar-refractivity contribution in [2.24, 2.45) is 0 Å². The first-order valence-corrected chi connectivity index (χ1v) is 9.83. The minimum atomic E-state index is 0.0367. The average Bonchev–Trinajstić information content (AvgIpc) is 3.12. The molecule has 0 unspecified atom stereocenters. The number of benzene rings is 1. The highest BCUT2D eigenvalue weighted by Gasteiger charge is 2.26. The molecule has 140 valence electrons. The molecule has 3 rings (SSSR count). The molecule has 1 N–H and O–H groups in total. The van der Waals surface area contributed by atoms with E-state index in [0.29, 0.717) is 17.3 Å². The van der Waals surface area contributed by atoms with Crippen LogP contribution in [-0.4, -0.2) is 38.1 Å². The number of aromatic amines is 1. The first kappa shape index (κ1) is 18.6. The van der Waals surface area contributed by atoms with Crippen LogP contribution in [0.25, 0.3) is 11.4 Å². The summed E-state index contributed by atoms with van der Waals surface area (Å²) in [6, 6.07) is 7.95. The van der Waals surface area contributed by atoms with Crippen molar-refractivity contribution in [1.29, 1.82) is 0 Å². The first-order chi connectivity index (χ1) is 12.5. The van der Waals surface area contributed by atoms with Crippen molar-refractivity contribution < 1.29 is 4.79 Å². The molecule has 5 nitrogen and oxygen atoms in total. The highest BCUT2D eigenvalue weighted by molar-refractivity contribution is 6.00. The highest BCUT2D eigenvalue weighted by atomic mass is 16.2. The second-order valence-corrected chi connectivity index (χ2v) is 7.82. The molecule has 1 aromatic carbocycles. The molecule has 0 aliphatic heterocycles. The van der Waals surface area contributed by atoms with Crippen LogP contribution in [0.3, 0.4) is 0 Å². The van der Waals surface area contributed by atoms with Crippen LogP contribution in [0.4, 0.5) is 0 Å². The van der Waals surface area contributed by atoms with E-state index in [9.17, 15) is 4.79 Å². The lowest BCUT2D eigenvalue weighted by Gasteiger charge is -2.31. The molecule has 26 heavy (non-hydrogen) atoms. The molecule has 2 aromatic rings. The lowest BCUT2D eigenvalue weighted by molar-refractivity contribution is 0.0644. The van der Waals surface area contributed by atoms with Gasteiger partial charge in [-0.1, -0.05) is 37.5 Å². The molecule has 1 amide bonds. The van der Waals surface area contributed by atoms with Crippen molar-refractivity contribution in [2.75, 3.05) is 0 Å². The number of carbonyl (C=O) groups is 1. The molecule has 0 atom stereocenters. The van der Waals surface area contributed by atoms with Crippen molar-refractivity contribution in [3.63, 3.8) is 0 Å². The summed E-state index contributed by atoms with van der Waals surface area (Å²) >= 11 is 0. The molecule has 1 aliphatic rings. The summed E-state index contributed by atoms with van der Waals surface area (Å²) in [4.78, 5) is 19.9. The average molecular weight is 354 g/mol. The molecule has 1 fully saturated rings. The summed E-state index contributed by atoms with van der Waals surface area (Å²) in [5.41, 5.74) is 1.48. The number of nitrogens with one attached hydrogen (secondary N) is 1. The van der Waals surface area contributed by atoms with E-state index in [0.717, 1.165) is 11.4 Å². The summed E-state index contributed by atoms with van der Waals surface area (Å²) in [5.74, 6) is 2.10. The normalized spacial score (nSPS) is 15.6. The van der Waals surface area contributed by atoms with E-state index in [1.807, 2.05) is 29.2 Å². The van der Waals surface area contributed by atoms with E-state index in [4.69, 9.17) is 4.98 Å². The number of rotatable bonds is 5. The quantitative estimate of drug-likeness (QED) is 0.840. The van der Waals surface area contributed by atoms with Crippen LogP contribution < -0.4 is 0 Å². The molecule has 0 spiro atoms. The van der Waals surface area contributed by atoms with Gasteiger partial charge in [0.25, 0.3) is 5.91 Å². The zero-order valence-electron chi connectivity index (χ0n) is 16.3. The molecule has 5 heteroatoms. The minimum absolute atomic E-state index is 0.0367. The molecule has 0 radical (unpaired) electrons. The fourth-order valence-corrected chi connectivity index (χ4v) is 4.02. The van der Waals surface area contributed by atoms with Crippen LogP contribution in [0.1, 0.15) is 81.9 Å². The molecule has 0 saturated heterocycles. The molecular weight excluding hydrogens is 324 g/mol. The smallest absolute Gasteiger partial charge is 0.255 e. The molecule has 1 saturated carbocycles. The number of amides is 1. The van der Waals surface area contributed by atoms with E-state index in [1.165, 1.54) is 32.1 Å². The maximum absolute atomic E-state index is 13.2. The highest BCUT2D eigenvalue weighted by Crippen LogP contribution is 2.32. The number of H-pyrrole nitrogens is 1. The Morgan fingerprint density at radius 2 is 1.73 bits per heavy atom. The SMILES string of the molecule is CC(C)N(C(=O)c1ccccc1-c1n[nH]c(C2CCCCC2)n1)C(C)C. The number of hydrogen-bond donors (Lipinski definition) is 1. The van der Waals surface area contributed by atoms with Crippen LogP contribution in [0, 0.1) is 0 Å². The summed E-state index contributed by atoms with van der Waals surface area (Å²) in [7, 11) is 0. The lowest BCUT2D eigenvalue weighted by Crippen LogP contribution is -2.42. The molecule has 1 aliphatic carbocycles. The van der Waals surface area contributed by atoms with Crippen molar-refractivity contribution in [3.05, 3.63) is 35.7 Å². The third-order valence-corrected chi connectivity index (χ3v) is 5.24. The van der Waals surface area contributed by atoms with Crippen molar-refractivity contribution >= 4 is 5.91 Å². The number of aromatic nitrogens is 3. The topological polar surface area (TPSA) is 61.9 Å². The van der Waals surface area contributed by atoms with Gasteiger partial charge in [-0.3, -0.25) is 9.89 Å². The molecular formula is C21H30N4O. The summed E-state index contributed by atoms with van der Waals surface area (Å²) in [6.45, 7) is 8.20. The van der Waals surface area contributed by atoms with Gasteiger partial charge in [-0.05, 0) is 46.6 Å². The van der Waals surface area contributed by atoms with Crippen LogP contribution >= 0.6 is 0 Å². The van der Waals surface area contributed by atoms with Crippen molar-refractivity contribution in [3.8, 4) is 11.4 Å². The van der Waals surface area contributed by atoms with E-state index in [-0.39, 0.29) is 18.0 Å². The Balaban J connectivity index is 1.92. The first-order valence-electron chi connectivity index (χ1n) is 9.83. The second kappa shape index (κ2) is 8.02. The number of carbonyl (C=O) groups excluding carboxylic acids is 1. The zero-order valence-corrected chi connectivity index (χ0v) is 16.3.